The first kappa shape index (κ1) is 8.95. The molecular weight excluding hydrogens is 266 g/mol. The highest BCUT2D eigenvalue weighted by Crippen LogP contribution is 2.38. The van der Waals surface area contributed by atoms with Crippen LogP contribution in [-0.4, -0.2) is 0 Å². The van der Waals surface area contributed by atoms with E-state index < -0.39 is 0 Å². The maximum atomic E-state index is 8.72. The predicted octanol–water partition coefficient (Wildman–Crippen LogP) is 4.11. The summed E-state index contributed by atoms with van der Waals surface area (Å²) < 4.78 is 1.01. The first-order chi connectivity index (χ1) is 6.31. The fraction of sp³-hybridized carbons (Fsp3) is 0. The minimum absolute atomic E-state index is 0.746. The third kappa shape index (κ3) is 1.68. The molecule has 64 valence electrons. The zero-order valence-electron chi connectivity index (χ0n) is 6.45. The minimum atomic E-state index is 0.746. The summed E-state index contributed by atoms with van der Waals surface area (Å²) in [7, 11) is 0. The van der Waals surface area contributed by atoms with Gasteiger partial charge in [0.25, 0.3) is 0 Å². The molecule has 1 nitrogen and oxygen atoms in total. The van der Waals surface area contributed by atoms with Crippen LogP contribution in [0.2, 0.25) is 0 Å². The second-order valence-electron chi connectivity index (χ2n) is 2.38. The van der Waals surface area contributed by atoms with Gasteiger partial charge in [0.2, 0.25) is 0 Å². The SMILES string of the molecule is N#Cc1cc(Br)c(-c2cccs2)s1. The number of hydrogen-bond acceptors (Lipinski definition) is 3. The van der Waals surface area contributed by atoms with Crippen molar-refractivity contribution in [3.05, 3.63) is 32.9 Å². The number of halogens is 1. The van der Waals surface area contributed by atoms with Gasteiger partial charge in [0.05, 0.1) is 4.88 Å². The van der Waals surface area contributed by atoms with Gasteiger partial charge in [0, 0.05) is 9.35 Å². The van der Waals surface area contributed by atoms with Crippen molar-refractivity contribution < 1.29 is 0 Å². The molecular formula is C9H4BrNS2. The smallest absolute Gasteiger partial charge is 0.110 e. The van der Waals surface area contributed by atoms with Crippen molar-refractivity contribution in [3.8, 4) is 15.8 Å². The zero-order valence-corrected chi connectivity index (χ0v) is 9.67. The van der Waals surface area contributed by atoms with Gasteiger partial charge in [-0.15, -0.1) is 22.7 Å². The van der Waals surface area contributed by atoms with E-state index in [1.54, 1.807) is 11.3 Å². The topological polar surface area (TPSA) is 23.8 Å². The van der Waals surface area contributed by atoms with Crippen molar-refractivity contribution in [2.45, 2.75) is 0 Å². The largest absolute Gasteiger partial charge is 0.192 e. The van der Waals surface area contributed by atoms with Crippen molar-refractivity contribution in [3.63, 3.8) is 0 Å². The highest BCUT2D eigenvalue weighted by molar-refractivity contribution is 9.10. The van der Waals surface area contributed by atoms with Gasteiger partial charge in [-0.3, -0.25) is 0 Å². The van der Waals surface area contributed by atoms with E-state index in [9.17, 15) is 0 Å². The van der Waals surface area contributed by atoms with Crippen LogP contribution < -0.4 is 0 Å². The predicted molar refractivity (Wildman–Crippen MR) is 60.0 cm³/mol. The van der Waals surface area contributed by atoms with Gasteiger partial charge in [-0.05, 0) is 33.4 Å². The summed E-state index contributed by atoms with van der Waals surface area (Å²) >= 11 is 6.65. The summed E-state index contributed by atoms with van der Waals surface area (Å²) in [4.78, 5) is 3.10. The molecule has 0 fully saturated rings. The average molecular weight is 270 g/mol. The highest BCUT2D eigenvalue weighted by Gasteiger charge is 2.08. The van der Waals surface area contributed by atoms with Crippen molar-refractivity contribution in [2.75, 3.05) is 0 Å². The third-order valence-electron chi connectivity index (χ3n) is 1.54. The lowest BCUT2D eigenvalue weighted by molar-refractivity contribution is 1.52. The van der Waals surface area contributed by atoms with Gasteiger partial charge in [-0.25, -0.2) is 0 Å². The molecule has 2 aromatic heterocycles. The molecule has 0 aromatic carbocycles. The molecule has 0 N–H and O–H groups in total. The van der Waals surface area contributed by atoms with E-state index in [1.807, 2.05) is 17.5 Å². The summed E-state index contributed by atoms with van der Waals surface area (Å²) in [5.41, 5.74) is 0. The molecule has 13 heavy (non-hydrogen) atoms. The van der Waals surface area contributed by atoms with Crippen LogP contribution in [0.15, 0.2) is 28.1 Å². The van der Waals surface area contributed by atoms with Crippen molar-refractivity contribution in [1.82, 2.24) is 0 Å². The van der Waals surface area contributed by atoms with Crippen LogP contribution in [0.1, 0.15) is 4.88 Å². The molecule has 2 aromatic rings. The molecule has 0 atom stereocenters. The minimum Gasteiger partial charge on any atom is -0.192 e. The second kappa shape index (κ2) is 3.62. The first-order valence-electron chi connectivity index (χ1n) is 3.54. The zero-order chi connectivity index (χ0) is 9.26. The molecule has 0 amide bonds. The Kier molecular flexibility index (Phi) is 2.49. The summed E-state index contributed by atoms with van der Waals surface area (Å²) in [6, 6.07) is 8.07. The molecule has 0 saturated heterocycles. The number of hydrogen-bond donors (Lipinski definition) is 0. The van der Waals surface area contributed by atoms with E-state index in [4.69, 9.17) is 5.26 Å². The molecule has 0 unspecified atom stereocenters. The molecule has 0 saturated carbocycles. The fourth-order valence-electron chi connectivity index (χ4n) is 1.000. The molecule has 0 aliphatic heterocycles. The highest BCUT2D eigenvalue weighted by atomic mass is 79.9. The Morgan fingerprint density at radius 3 is 2.85 bits per heavy atom. The van der Waals surface area contributed by atoms with E-state index >= 15 is 0 Å². The fourth-order valence-corrected chi connectivity index (χ4v) is 3.68. The van der Waals surface area contributed by atoms with E-state index in [0.717, 1.165) is 14.2 Å². The molecule has 0 radical (unpaired) electrons. The molecule has 0 bridgehead atoms. The van der Waals surface area contributed by atoms with E-state index in [-0.39, 0.29) is 0 Å². The Bertz CT molecular complexity index is 450. The Morgan fingerprint density at radius 2 is 2.31 bits per heavy atom. The number of thiophene rings is 2. The maximum Gasteiger partial charge on any atom is 0.110 e. The number of nitriles is 1. The van der Waals surface area contributed by atoms with Gasteiger partial charge >= 0.3 is 0 Å². The van der Waals surface area contributed by atoms with Gasteiger partial charge in [-0.2, -0.15) is 5.26 Å². The van der Waals surface area contributed by atoms with Crippen LogP contribution in [0.5, 0.6) is 0 Å². The summed E-state index contributed by atoms with van der Waals surface area (Å²) in [5.74, 6) is 0. The Hall–Kier alpha value is -0.630. The standard InChI is InChI=1S/C9H4BrNS2/c10-7-4-6(5-11)13-9(7)8-2-1-3-12-8/h1-4H. The van der Waals surface area contributed by atoms with Crippen LogP contribution in [0, 0.1) is 11.3 Å². The number of nitrogens with zero attached hydrogens (tertiary/aromatic N) is 1. The maximum absolute atomic E-state index is 8.72. The average Bonchev–Trinajstić information content (AvgIpc) is 2.72. The lowest BCUT2D eigenvalue weighted by Crippen LogP contribution is -1.60. The van der Waals surface area contributed by atoms with Gasteiger partial charge in [0.1, 0.15) is 10.9 Å². The molecule has 2 rings (SSSR count). The van der Waals surface area contributed by atoms with E-state index in [1.165, 1.54) is 16.2 Å². The first-order valence-corrected chi connectivity index (χ1v) is 6.03. The van der Waals surface area contributed by atoms with Gasteiger partial charge in [-0.1, -0.05) is 6.07 Å². The normalized spacial score (nSPS) is 9.85. The quantitative estimate of drug-likeness (QED) is 0.765. The van der Waals surface area contributed by atoms with Crippen LogP contribution in [0.3, 0.4) is 0 Å². The summed E-state index contributed by atoms with van der Waals surface area (Å²) in [6.45, 7) is 0. The number of rotatable bonds is 1. The van der Waals surface area contributed by atoms with Crippen LogP contribution in [0.4, 0.5) is 0 Å². The Balaban J connectivity index is 2.54. The second-order valence-corrected chi connectivity index (χ2v) is 5.23. The third-order valence-corrected chi connectivity index (χ3v) is 4.52. The van der Waals surface area contributed by atoms with Crippen LogP contribution in [0.25, 0.3) is 9.75 Å². The van der Waals surface area contributed by atoms with Crippen molar-refractivity contribution in [1.29, 1.82) is 5.26 Å². The van der Waals surface area contributed by atoms with Gasteiger partial charge in [0.15, 0.2) is 0 Å². The molecule has 0 spiro atoms. The van der Waals surface area contributed by atoms with Gasteiger partial charge < -0.3 is 0 Å². The molecule has 0 aliphatic carbocycles. The molecule has 4 heteroatoms. The van der Waals surface area contributed by atoms with E-state index in [2.05, 4.69) is 28.1 Å². The van der Waals surface area contributed by atoms with E-state index in [0.29, 0.717) is 0 Å². The lowest BCUT2D eigenvalue weighted by atomic mass is 10.4. The summed E-state index contributed by atoms with van der Waals surface area (Å²) in [5, 5.41) is 10.8. The van der Waals surface area contributed by atoms with Crippen LogP contribution in [-0.2, 0) is 0 Å². The van der Waals surface area contributed by atoms with Crippen LogP contribution >= 0.6 is 38.6 Å². The molecule has 2 heterocycles. The molecule has 0 aliphatic rings. The monoisotopic (exact) mass is 269 g/mol. The lowest BCUT2D eigenvalue weighted by Gasteiger charge is -1.90. The summed E-state index contributed by atoms with van der Waals surface area (Å²) in [6.07, 6.45) is 0. The Labute approximate surface area is 92.4 Å². The van der Waals surface area contributed by atoms with Crippen molar-refractivity contribution in [2.24, 2.45) is 0 Å². The van der Waals surface area contributed by atoms with Crippen molar-refractivity contribution >= 4 is 38.6 Å². The Morgan fingerprint density at radius 1 is 1.46 bits per heavy atom.